The van der Waals surface area contributed by atoms with Crippen molar-refractivity contribution in [3.05, 3.63) is 18.0 Å². The van der Waals surface area contributed by atoms with Crippen LogP contribution >= 0.6 is 0 Å². The van der Waals surface area contributed by atoms with E-state index in [9.17, 15) is 0 Å². The highest BCUT2D eigenvalue weighted by Crippen LogP contribution is 1.64. The molecular weight excluding hydrogens is 100 g/mol. The zero-order valence-corrected chi connectivity index (χ0v) is 4.36. The molecule has 0 saturated carbocycles. The summed E-state index contributed by atoms with van der Waals surface area (Å²) < 4.78 is 0. The molecule has 1 rings (SSSR count). The molecule has 0 saturated heterocycles. The van der Waals surface area contributed by atoms with Crippen molar-refractivity contribution in [1.29, 1.82) is 0 Å². The van der Waals surface area contributed by atoms with Crippen molar-refractivity contribution in [2.45, 2.75) is 0 Å². The molecule has 0 spiro atoms. The van der Waals surface area contributed by atoms with Gasteiger partial charge >= 0.3 is 0 Å². The lowest BCUT2D eigenvalue weighted by Gasteiger charge is -1.95. The first-order valence-corrected chi connectivity index (χ1v) is 2.36. The second-order valence-electron chi connectivity index (χ2n) is 1.27. The van der Waals surface area contributed by atoms with E-state index >= 15 is 0 Å². The summed E-state index contributed by atoms with van der Waals surface area (Å²) in [6.07, 6.45) is 3.35. The number of hydrogen-bond donors (Lipinski definition) is 2. The van der Waals surface area contributed by atoms with E-state index in [4.69, 9.17) is 0 Å². The molecule has 0 aromatic heterocycles. The average Bonchev–Trinajstić information content (AvgIpc) is 1.62. The summed E-state index contributed by atoms with van der Waals surface area (Å²) in [5, 5.41) is 0. The van der Waals surface area contributed by atoms with Crippen molar-refractivity contribution in [3.8, 4) is 11.8 Å². The van der Waals surface area contributed by atoms with Crippen LogP contribution in [0.15, 0.2) is 18.0 Å². The third kappa shape index (κ3) is 1.53. The number of allylic oxidation sites excluding steroid dienone is 1. The van der Waals surface area contributed by atoms with Gasteiger partial charge in [0.05, 0.1) is 12.7 Å². The van der Waals surface area contributed by atoms with E-state index < -0.39 is 0 Å². The zero-order valence-electron chi connectivity index (χ0n) is 4.36. The molecule has 40 valence electrons. The number of hydrogen-bond acceptors (Lipinski definition) is 2. The Morgan fingerprint density at radius 2 is 2.50 bits per heavy atom. The summed E-state index contributed by atoms with van der Waals surface area (Å²) in [5.74, 6) is 5.59. The fourth-order valence-corrected chi connectivity index (χ4v) is 0.373. The maximum absolute atomic E-state index is 2.83. The summed E-state index contributed by atoms with van der Waals surface area (Å²) in [4.78, 5) is 0. The predicted molar refractivity (Wildman–Crippen MR) is 31.6 cm³/mol. The van der Waals surface area contributed by atoms with Crippen molar-refractivity contribution < 1.29 is 0 Å². The summed E-state index contributed by atoms with van der Waals surface area (Å²) in [6.45, 7) is 0.675. The molecule has 0 fully saturated rings. The molecule has 1 aliphatic rings. The Balaban J connectivity index is 2.62. The average molecular weight is 106 g/mol. The van der Waals surface area contributed by atoms with Crippen LogP contribution < -0.4 is 10.9 Å². The van der Waals surface area contributed by atoms with Crippen LogP contribution in [-0.4, -0.2) is 6.54 Å². The van der Waals surface area contributed by atoms with Crippen LogP contribution in [0.4, 0.5) is 0 Å². The Kier molecular flexibility index (Phi) is 1.82. The van der Waals surface area contributed by atoms with Gasteiger partial charge < -0.3 is 5.43 Å². The molecule has 2 heteroatoms. The van der Waals surface area contributed by atoms with Crippen molar-refractivity contribution >= 4 is 0 Å². The van der Waals surface area contributed by atoms with Crippen LogP contribution in [0, 0.1) is 11.8 Å². The molecule has 0 atom stereocenters. The molecule has 0 aromatic carbocycles. The van der Waals surface area contributed by atoms with Gasteiger partial charge in [-0.2, -0.15) is 0 Å². The van der Waals surface area contributed by atoms with E-state index in [0.717, 1.165) is 0 Å². The maximum Gasteiger partial charge on any atom is 0.0763 e. The van der Waals surface area contributed by atoms with Crippen LogP contribution in [0.3, 0.4) is 0 Å². The standard InChI is InChI=1S/C6H6N2/c1-2-4-6-8-7-5-3-1/h1,5,7-8H,6H2. The minimum Gasteiger partial charge on any atom is -0.320 e. The quantitative estimate of drug-likeness (QED) is 0.329. The zero-order chi connectivity index (χ0) is 5.66. The van der Waals surface area contributed by atoms with E-state index in [2.05, 4.69) is 28.4 Å². The van der Waals surface area contributed by atoms with Crippen molar-refractivity contribution in [2.75, 3.05) is 6.54 Å². The van der Waals surface area contributed by atoms with Gasteiger partial charge in [0, 0.05) is 6.08 Å². The van der Waals surface area contributed by atoms with Gasteiger partial charge in [-0.25, -0.2) is 5.43 Å². The molecule has 2 N–H and O–H groups in total. The summed E-state index contributed by atoms with van der Waals surface area (Å²) in [7, 11) is 0. The topological polar surface area (TPSA) is 24.1 Å². The molecular formula is C6H6N2. The van der Waals surface area contributed by atoms with Gasteiger partial charge in [0.15, 0.2) is 0 Å². The van der Waals surface area contributed by atoms with Crippen LogP contribution in [0.2, 0.25) is 0 Å². The van der Waals surface area contributed by atoms with E-state index in [1.165, 1.54) is 0 Å². The highest BCUT2D eigenvalue weighted by Gasteiger charge is 1.72. The summed E-state index contributed by atoms with van der Waals surface area (Å²) >= 11 is 0. The van der Waals surface area contributed by atoms with Gasteiger partial charge in [-0.3, -0.25) is 0 Å². The first-order valence-electron chi connectivity index (χ1n) is 2.36. The Hall–Kier alpha value is -1.16. The smallest absolute Gasteiger partial charge is 0.0763 e. The van der Waals surface area contributed by atoms with E-state index in [0.29, 0.717) is 6.54 Å². The second-order valence-corrected chi connectivity index (χ2v) is 1.27. The molecule has 0 aromatic rings. The fraction of sp³-hybridized carbons (Fsp3) is 0.167. The van der Waals surface area contributed by atoms with Crippen molar-refractivity contribution in [2.24, 2.45) is 0 Å². The van der Waals surface area contributed by atoms with E-state index in [-0.39, 0.29) is 0 Å². The largest absolute Gasteiger partial charge is 0.320 e. The molecule has 8 heavy (non-hydrogen) atoms. The Labute approximate surface area is 48.2 Å². The summed E-state index contributed by atoms with van der Waals surface area (Å²) in [6, 6.07) is 0. The Morgan fingerprint density at radius 3 is 3.50 bits per heavy atom. The predicted octanol–water partition coefficient (Wildman–Crippen LogP) is -0.234. The van der Waals surface area contributed by atoms with Gasteiger partial charge in [0.1, 0.15) is 0 Å². The lowest BCUT2D eigenvalue weighted by molar-refractivity contribution is 0.690. The van der Waals surface area contributed by atoms with Gasteiger partial charge in [-0.1, -0.05) is 17.6 Å². The highest BCUT2D eigenvalue weighted by atomic mass is 15.3. The van der Waals surface area contributed by atoms with Gasteiger partial charge in [-0.05, 0) is 0 Å². The van der Waals surface area contributed by atoms with Crippen LogP contribution in [-0.2, 0) is 0 Å². The molecule has 0 amide bonds. The minimum absolute atomic E-state index is 0.675. The molecule has 0 unspecified atom stereocenters. The molecule has 1 heterocycles. The first-order chi connectivity index (χ1) is 4.00. The van der Waals surface area contributed by atoms with Gasteiger partial charge in [0.25, 0.3) is 0 Å². The number of hydrazine groups is 1. The van der Waals surface area contributed by atoms with Gasteiger partial charge in [-0.15, -0.1) is 0 Å². The Bertz CT molecular complexity index is 176. The lowest BCUT2D eigenvalue weighted by Crippen LogP contribution is -2.26. The number of nitrogens with one attached hydrogen (secondary N) is 2. The first kappa shape index (κ1) is 4.99. The van der Waals surface area contributed by atoms with Crippen molar-refractivity contribution in [1.82, 2.24) is 10.9 Å². The fourth-order valence-electron chi connectivity index (χ4n) is 0.373. The van der Waals surface area contributed by atoms with Crippen LogP contribution in [0.25, 0.3) is 0 Å². The van der Waals surface area contributed by atoms with Crippen LogP contribution in [0.5, 0.6) is 0 Å². The van der Waals surface area contributed by atoms with Gasteiger partial charge in [0.2, 0.25) is 0 Å². The third-order valence-corrected chi connectivity index (χ3v) is 0.692. The molecule has 0 radical (unpaired) electrons. The highest BCUT2D eigenvalue weighted by molar-refractivity contribution is 5.16. The molecule has 2 nitrogen and oxygen atoms in total. The molecule has 0 bridgehead atoms. The molecule has 1 aliphatic heterocycles. The third-order valence-electron chi connectivity index (χ3n) is 0.692. The lowest BCUT2D eigenvalue weighted by atomic mass is 10.5. The SMILES string of the molecule is C1=CC#CCNNC=1. The minimum atomic E-state index is 0.675. The Morgan fingerprint density at radius 1 is 1.50 bits per heavy atom. The van der Waals surface area contributed by atoms with Crippen LogP contribution in [0.1, 0.15) is 0 Å². The normalized spacial score (nSPS) is 15.0. The maximum atomic E-state index is 2.83. The number of rotatable bonds is 0. The monoisotopic (exact) mass is 106 g/mol. The molecule has 0 aliphatic carbocycles. The second kappa shape index (κ2) is 2.92. The van der Waals surface area contributed by atoms with Crippen molar-refractivity contribution in [3.63, 3.8) is 0 Å². The van der Waals surface area contributed by atoms with E-state index in [1.54, 1.807) is 12.3 Å². The summed E-state index contributed by atoms with van der Waals surface area (Å²) in [5.41, 5.74) is 8.38. The van der Waals surface area contributed by atoms with E-state index in [1.807, 2.05) is 0 Å².